The molecule has 1 atom stereocenters. The zero-order valence-electron chi connectivity index (χ0n) is 16.9. The van der Waals surface area contributed by atoms with Crippen molar-refractivity contribution in [3.63, 3.8) is 0 Å². The first-order valence-corrected chi connectivity index (χ1v) is 9.13. The summed E-state index contributed by atoms with van der Waals surface area (Å²) < 4.78 is 15.7. The van der Waals surface area contributed by atoms with Gasteiger partial charge in [0, 0.05) is 5.70 Å². The van der Waals surface area contributed by atoms with Crippen molar-refractivity contribution in [2.75, 3.05) is 21.3 Å². The van der Waals surface area contributed by atoms with Crippen LogP contribution in [0.1, 0.15) is 24.1 Å². The normalized spacial score (nSPS) is 16.3. The Morgan fingerprint density at radius 2 is 1.72 bits per heavy atom. The average Bonchev–Trinajstić information content (AvgIpc) is 2.76. The molecular weight excluding hydrogens is 372 g/mol. The third kappa shape index (κ3) is 4.03. The van der Waals surface area contributed by atoms with Gasteiger partial charge in [0.05, 0.1) is 39.5 Å². The van der Waals surface area contributed by atoms with Crippen molar-refractivity contribution in [3.05, 3.63) is 70.9 Å². The van der Waals surface area contributed by atoms with Crippen LogP contribution in [0.15, 0.2) is 59.8 Å². The molecule has 29 heavy (non-hydrogen) atoms. The first-order chi connectivity index (χ1) is 14.0. The highest BCUT2D eigenvalue weighted by Gasteiger charge is 2.36. The summed E-state index contributed by atoms with van der Waals surface area (Å²) in [6.45, 7) is 2.10. The lowest BCUT2D eigenvalue weighted by atomic mass is 9.94. The first kappa shape index (κ1) is 20.3. The molecule has 1 aliphatic heterocycles. The lowest BCUT2D eigenvalue weighted by Crippen LogP contribution is -2.47. The number of amides is 2. The second kappa shape index (κ2) is 8.68. The van der Waals surface area contributed by atoms with Gasteiger partial charge in [0.15, 0.2) is 11.5 Å². The highest BCUT2D eigenvalue weighted by molar-refractivity contribution is 5.95. The van der Waals surface area contributed by atoms with E-state index in [0.717, 1.165) is 5.56 Å². The van der Waals surface area contributed by atoms with Crippen LogP contribution in [0.5, 0.6) is 11.5 Å². The number of rotatable bonds is 6. The number of urea groups is 1. The molecule has 1 unspecified atom stereocenters. The number of carbonyl (C=O) groups is 2. The largest absolute Gasteiger partial charge is 0.493 e. The fourth-order valence-electron chi connectivity index (χ4n) is 3.39. The Morgan fingerprint density at radius 1 is 1.03 bits per heavy atom. The van der Waals surface area contributed by atoms with E-state index >= 15 is 0 Å². The third-order valence-electron chi connectivity index (χ3n) is 4.93. The van der Waals surface area contributed by atoms with Gasteiger partial charge in [0.2, 0.25) is 0 Å². The fraction of sp³-hybridized carbons (Fsp3) is 0.273. The van der Waals surface area contributed by atoms with Crippen LogP contribution in [0.3, 0.4) is 0 Å². The van der Waals surface area contributed by atoms with Crippen molar-refractivity contribution in [2.24, 2.45) is 0 Å². The van der Waals surface area contributed by atoms with E-state index in [-0.39, 0.29) is 6.03 Å². The summed E-state index contributed by atoms with van der Waals surface area (Å²) in [6.07, 6.45) is 0. The predicted octanol–water partition coefficient (Wildman–Crippen LogP) is 3.42. The van der Waals surface area contributed by atoms with E-state index in [1.165, 1.54) is 14.2 Å². The molecule has 7 heteroatoms. The van der Waals surface area contributed by atoms with Crippen LogP contribution < -0.4 is 14.8 Å². The summed E-state index contributed by atoms with van der Waals surface area (Å²) >= 11 is 0. The highest BCUT2D eigenvalue weighted by Crippen LogP contribution is 2.36. The fourth-order valence-corrected chi connectivity index (χ4v) is 3.39. The van der Waals surface area contributed by atoms with Crippen molar-refractivity contribution in [3.8, 4) is 11.5 Å². The number of carbonyl (C=O) groups excluding carboxylic acids is 2. The molecule has 0 aromatic heterocycles. The van der Waals surface area contributed by atoms with E-state index in [0.29, 0.717) is 34.9 Å². The van der Waals surface area contributed by atoms with Gasteiger partial charge in [-0.25, -0.2) is 9.59 Å². The maximum Gasteiger partial charge on any atom is 0.337 e. The molecule has 0 radical (unpaired) electrons. The van der Waals surface area contributed by atoms with E-state index in [1.54, 1.807) is 37.1 Å². The minimum atomic E-state index is -0.665. The minimum absolute atomic E-state index is 0.293. The number of hydrogen-bond acceptors (Lipinski definition) is 5. The topological polar surface area (TPSA) is 77.1 Å². The Morgan fingerprint density at radius 3 is 2.34 bits per heavy atom. The Bertz CT molecular complexity index is 939. The Labute approximate surface area is 169 Å². The Balaban J connectivity index is 2.04. The van der Waals surface area contributed by atoms with E-state index in [9.17, 15) is 9.59 Å². The molecule has 2 aromatic rings. The van der Waals surface area contributed by atoms with Gasteiger partial charge in [-0.2, -0.15) is 0 Å². The second-order valence-corrected chi connectivity index (χ2v) is 6.56. The van der Waals surface area contributed by atoms with Crippen molar-refractivity contribution >= 4 is 12.0 Å². The summed E-state index contributed by atoms with van der Waals surface area (Å²) in [4.78, 5) is 27.1. The van der Waals surface area contributed by atoms with Crippen molar-refractivity contribution in [1.29, 1.82) is 0 Å². The van der Waals surface area contributed by atoms with Gasteiger partial charge in [-0.1, -0.05) is 36.4 Å². The molecule has 2 amide bonds. The molecular formula is C22H24N2O5. The highest BCUT2D eigenvalue weighted by atomic mass is 16.5. The minimum Gasteiger partial charge on any atom is -0.493 e. The quantitative estimate of drug-likeness (QED) is 0.757. The van der Waals surface area contributed by atoms with Gasteiger partial charge >= 0.3 is 12.0 Å². The SMILES string of the molecule is COC(=O)C1=C(C)N(Cc2ccccc2)C(=O)NC1c1ccc(OC)c(OC)c1. The lowest BCUT2D eigenvalue weighted by molar-refractivity contribution is -0.136. The summed E-state index contributed by atoms with van der Waals surface area (Å²) in [5.41, 5.74) is 2.56. The number of nitrogens with zero attached hydrogens (tertiary/aromatic N) is 1. The molecule has 3 rings (SSSR count). The summed E-state index contributed by atoms with van der Waals surface area (Å²) in [7, 11) is 4.41. The van der Waals surface area contributed by atoms with Crippen molar-refractivity contribution in [2.45, 2.75) is 19.5 Å². The monoisotopic (exact) mass is 396 g/mol. The Hall–Kier alpha value is -3.48. The lowest BCUT2D eigenvalue weighted by Gasteiger charge is -2.35. The maximum atomic E-state index is 12.9. The summed E-state index contributed by atoms with van der Waals surface area (Å²) in [5.74, 6) is 0.567. The number of allylic oxidation sites excluding steroid dienone is 1. The van der Waals surface area contributed by atoms with Crippen LogP contribution in [0.2, 0.25) is 0 Å². The summed E-state index contributed by atoms with van der Waals surface area (Å²) in [5, 5.41) is 2.92. The average molecular weight is 396 g/mol. The second-order valence-electron chi connectivity index (χ2n) is 6.56. The molecule has 0 bridgehead atoms. The van der Waals surface area contributed by atoms with Crippen molar-refractivity contribution < 1.29 is 23.8 Å². The van der Waals surface area contributed by atoms with Crippen molar-refractivity contribution in [1.82, 2.24) is 10.2 Å². The molecule has 7 nitrogen and oxygen atoms in total. The van der Waals surface area contributed by atoms with Crippen LogP contribution in [0.4, 0.5) is 4.79 Å². The van der Waals surface area contributed by atoms with Gasteiger partial charge in [-0.05, 0) is 30.2 Å². The number of nitrogens with one attached hydrogen (secondary N) is 1. The molecule has 0 spiro atoms. The predicted molar refractivity (Wildman–Crippen MR) is 108 cm³/mol. The molecule has 0 fully saturated rings. The molecule has 1 N–H and O–H groups in total. The molecule has 152 valence electrons. The molecule has 0 saturated carbocycles. The number of esters is 1. The molecule has 0 aliphatic carbocycles. The van der Waals surface area contributed by atoms with Gasteiger partial charge in [-0.15, -0.1) is 0 Å². The van der Waals surface area contributed by atoms with Crippen LogP contribution in [-0.4, -0.2) is 38.2 Å². The smallest absolute Gasteiger partial charge is 0.337 e. The molecule has 1 aliphatic rings. The van der Waals surface area contributed by atoms with E-state index in [1.807, 2.05) is 30.3 Å². The Kier molecular flexibility index (Phi) is 6.07. The van der Waals surface area contributed by atoms with Crippen LogP contribution in [0, 0.1) is 0 Å². The number of hydrogen-bond donors (Lipinski definition) is 1. The van der Waals surface area contributed by atoms with Gasteiger partial charge in [0.1, 0.15) is 0 Å². The van der Waals surface area contributed by atoms with E-state index in [2.05, 4.69) is 5.32 Å². The van der Waals surface area contributed by atoms with E-state index in [4.69, 9.17) is 14.2 Å². The summed E-state index contributed by atoms with van der Waals surface area (Å²) in [6, 6.07) is 13.9. The maximum absolute atomic E-state index is 12.9. The number of methoxy groups -OCH3 is 3. The van der Waals surface area contributed by atoms with Crippen LogP contribution in [0.25, 0.3) is 0 Å². The third-order valence-corrected chi connectivity index (χ3v) is 4.93. The van der Waals surface area contributed by atoms with Crippen LogP contribution >= 0.6 is 0 Å². The molecule has 1 heterocycles. The van der Waals surface area contributed by atoms with Gasteiger partial charge in [-0.3, -0.25) is 4.90 Å². The molecule has 0 saturated heterocycles. The first-order valence-electron chi connectivity index (χ1n) is 9.13. The zero-order chi connectivity index (χ0) is 21.0. The standard InChI is InChI=1S/C22H24N2O5/c1-14-19(21(25)29-4)20(16-10-11-17(27-2)18(12-16)28-3)23-22(26)24(14)13-15-8-6-5-7-9-15/h5-12,20H,13H2,1-4H3,(H,23,26). The van der Waals surface area contributed by atoms with Crippen LogP contribution in [-0.2, 0) is 16.1 Å². The van der Waals surface area contributed by atoms with E-state index < -0.39 is 12.0 Å². The molecule has 2 aromatic carbocycles. The number of ether oxygens (including phenoxy) is 3. The van der Waals surface area contributed by atoms with Gasteiger partial charge in [0.25, 0.3) is 0 Å². The van der Waals surface area contributed by atoms with Gasteiger partial charge < -0.3 is 19.5 Å². The number of benzene rings is 2. The zero-order valence-corrected chi connectivity index (χ0v) is 16.9.